The number of aromatic nitrogens is 2. The van der Waals surface area contributed by atoms with Crippen molar-refractivity contribution in [2.75, 3.05) is 0 Å². The van der Waals surface area contributed by atoms with Gasteiger partial charge in [0.25, 0.3) is 0 Å². The average molecular weight is 284 g/mol. The molecular weight excluding hydrogens is 272 g/mol. The number of benzene rings is 1. The van der Waals surface area contributed by atoms with Crippen LogP contribution in [-0.4, -0.2) is 18.4 Å². The van der Waals surface area contributed by atoms with Crippen LogP contribution in [0.3, 0.4) is 0 Å². The molecule has 0 amide bonds. The predicted octanol–water partition coefficient (Wildman–Crippen LogP) is 2.41. The Hall–Kier alpha value is -2.27. The van der Waals surface area contributed by atoms with Crippen LogP contribution in [0.1, 0.15) is 5.56 Å². The van der Waals surface area contributed by atoms with Gasteiger partial charge in [-0.2, -0.15) is 0 Å². The van der Waals surface area contributed by atoms with Gasteiger partial charge in [0.15, 0.2) is 0 Å². The normalized spacial score (nSPS) is 11.1. The molecule has 0 unspecified atom stereocenters. The van der Waals surface area contributed by atoms with Crippen molar-refractivity contribution >= 4 is 21.6 Å². The predicted molar refractivity (Wildman–Crippen MR) is 79.0 cm³/mol. The summed E-state index contributed by atoms with van der Waals surface area (Å²) in [5.74, 6) is 0.0744. The molecule has 0 bridgehead atoms. The first kappa shape index (κ1) is 12.7. The fourth-order valence-electron chi connectivity index (χ4n) is 2.17. The Labute approximate surface area is 118 Å². The molecule has 0 radical (unpaired) electrons. The Kier molecular flexibility index (Phi) is 3.43. The zero-order valence-electron chi connectivity index (χ0n) is 10.6. The van der Waals surface area contributed by atoms with Crippen molar-refractivity contribution in [1.82, 2.24) is 9.97 Å². The number of rotatable bonds is 3. The Morgan fingerprint density at radius 3 is 2.55 bits per heavy atom. The first-order chi connectivity index (χ1) is 9.74. The van der Waals surface area contributed by atoms with Crippen LogP contribution in [0.5, 0.6) is 0 Å². The van der Waals surface area contributed by atoms with Crippen LogP contribution in [0.2, 0.25) is 0 Å². The molecular formula is C15H12N2O2S. The zero-order valence-corrected chi connectivity index (χ0v) is 11.5. The fourth-order valence-corrected chi connectivity index (χ4v) is 2.68. The molecule has 0 aliphatic carbocycles. The summed E-state index contributed by atoms with van der Waals surface area (Å²) in [6.07, 6.45) is 5.27. The lowest BCUT2D eigenvalue weighted by Crippen LogP contribution is -1.88. The number of hydrogen-bond acceptors (Lipinski definition) is 4. The van der Waals surface area contributed by atoms with Crippen LogP contribution in [0.4, 0.5) is 0 Å². The molecule has 5 heteroatoms. The highest BCUT2D eigenvalue weighted by Gasteiger charge is 2.05. The first-order valence-corrected chi connectivity index (χ1v) is 7.50. The molecule has 0 spiro atoms. The third-order valence-electron chi connectivity index (χ3n) is 3.11. The van der Waals surface area contributed by atoms with Gasteiger partial charge >= 0.3 is 0 Å². The molecule has 20 heavy (non-hydrogen) atoms. The Bertz CT molecular complexity index is 813. The minimum Gasteiger partial charge on any atom is -0.262 e. The number of pyridine rings is 2. The maximum atomic E-state index is 10.7. The van der Waals surface area contributed by atoms with Crippen molar-refractivity contribution in [2.24, 2.45) is 0 Å². The van der Waals surface area contributed by atoms with Gasteiger partial charge in [-0.05, 0) is 17.2 Å². The van der Waals surface area contributed by atoms with Crippen molar-refractivity contribution in [3.63, 3.8) is 0 Å². The van der Waals surface area contributed by atoms with Gasteiger partial charge in [0, 0.05) is 23.3 Å². The van der Waals surface area contributed by atoms with Gasteiger partial charge in [0.1, 0.15) is 10.7 Å². The molecule has 3 rings (SSSR count). The van der Waals surface area contributed by atoms with E-state index in [2.05, 4.69) is 9.97 Å². The zero-order chi connectivity index (χ0) is 13.9. The Balaban J connectivity index is 2.07. The summed E-state index contributed by atoms with van der Waals surface area (Å²) >= 11 is 0. The summed E-state index contributed by atoms with van der Waals surface area (Å²) in [6.45, 7) is 0. The van der Waals surface area contributed by atoms with Crippen LogP contribution in [0.15, 0.2) is 55.0 Å². The molecule has 1 aromatic carbocycles. The summed E-state index contributed by atoms with van der Waals surface area (Å²) in [5.41, 5.74) is 3.63. The van der Waals surface area contributed by atoms with Crippen LogP contribution >= 0.6 is 0 Å². The Morgan fingerprint density at radius 1 is 1.00 bits per heavy atom. The van der Waals surface area contributed by atoms with Crippen LogP contribution in [-0.2, 0) is 16.5 Å². The molecule has 0 saturated carbocycles. The van der Waals surface area contributed by atoms with E-state index in [1.165, 1.54) is 0 Å². The van der Waals surface area contributed by atoms with E-state index in [0.29, 0.717) is 0 Å². The van der Waals surface area contributed by atoms with Gasteiger partial charge in [0.2, 0.25) is 0 Å². The number of nitrogens with zero attached hydrogens (tertiary/aromatic N) is 2. The Morgan fingerprint density at radius 2 is 1.80 bits per heavy atom. The van der Waals surface area contributed by atoms with Crippen LogP contribution in [0, 0.1) is 0 Å². The van der Waals surface area contributed by atoms with Crippen molar-refractivity contribution in [3.8, 4) is 11.1 Å². The molecule has 0 N–H and O–H groups in total. The van der Waals surface area contributed by atoms with E-state index >= 15 is 0 Å². The highest BCUT2D eigenvalue weighted by molar-refractivity contribution is 7.71. The maximum Gasteiger partial charge on any atom is 0.144 e. The number of hydrogen-bond donors (Lipinski definition) is 1. The maximum absolute atomic E-state index is 10.7. The molecule has 4 nitrogen and oxygen atoms in total. The lowest BCUT2D eigenvalue weighted by atomic mass is 10.0. The average Bonchev–Trinajstić information content (AvgIpc) is 2.47. The molecule has 3 aromatic rings. The lowest BCUT2D eigenvalue weighted by Gasteiger charge is -2.06. The minimum absolute atomic E-state index is 0.0744. The van der Waals surface area contributed by atoms with Gasteiger partial charge in [-0.3, -0.25) is 9.97 Å². The second-order valence-corrected chi connectivity index (χ2v) is 5.43. The van der Waals surface area contributed by atoms with Gasteiger partial charge in [-0.25, -0.2) is 8.42 Å². The summed E-state index contributed by atoms with van der Waals surface area (Å²) in [4.78, 5) is 8.48. The van der Waals surface area contributed by atoms with E-state index in [0.717, 1.165) is 27.6 Å². The first-order valence-electron chi connectivity index (χ1n) is 6.14. The summed E-state index contributed by atoms with van der Waals surface area (Å²) in [6, 6.07) is 11.4. The summed E-state index contributed by atoms with van der Waals surface area (Å²) < 4.78 is 21.4. The molecule has 0 atom stereocenters. The smallest absolute Gasteiger partial charge is 0.144 e. The van der Waals surface area contributed by atoms with Gasteiger partial charge in [-0.1, -0.05) is 30.3 Å². The fraction of sp³-hybridized carbons (Fsp3) is 0.0667. The van der Waals surface area contributed by atoms with E-state index in [1.807, 2.05) is 36.4 Å². The number of thiol groups is 1. The van der Waals surface area contributed by atoms with Crippen molar-refractivity contribution in [3.05, 3.63) is 60.6 Å². The van der Waals surface area contributed by atoms with E-state index in [1.54, 1.807) is 18.6 Å². The van der Waals surface area contributed by atoms with Crippen LogP contribution < -0.4 is 0 Å². The van der Waals surface area contributed by atoms with E-state index in [-0.39, 0.29) is 5.75 Å². The van der Waals surface area contributed by atoms with E-state index in [9.17, 15) is 8.42 Å². The second-order valence-electron chi connectivity index (χ2n) is 4.44. The lowest BCUT2D eigenvalue weighted by molar-refractivity contribution is 0.614. The van der Waals surface area contributed by atoms with Crippen molar-refractivity contribution in [1.29, 1.82) is 0 Å². The topological polar surface area (TPSA) is 59.9 Å². The van der Waals surface area contributed by atoms with Gasteiger partial charge in [0.05, 0.1) is 17.5 Å². The second kappa shape index (κ2) is 5.38. The minimum atomic E-state index is -2.39. The standard InChI is InChI=1S/C15H12N2O2S/c18-20(19)10-11-3-5-12(6-4-11)14-8-16-9-15-13(14)2-1-7-17-15/h1-9,20H,10H2. The highest BCUT2D eigenvalue weighted by Crippen LogP contribution is 2.26. The molecule has 0 aliphatic rings. The molecule has 0 saturated heterocycles. The molecule has 0 fully saturated rings. The summed E-state index contributed by atoms with van der Waals surface area (Å²) in [5, 5.41) is 1.03. The van der Waals surface area contributed by atoms with Gasteiger partial charge < -0.3 is 0 Å². The highest BCUT2D eigenvalue weighted by atomic mass is 32.2. The van der Waals surface area contributed by atoms with Crippen LogP contribution in [0.25, 0.3) is 22.0 Å². The molecule has 0 aliphatic heterocycles. The molecule has 2 heterocycles. The molecule has 100 valence electrons. The van der Waals surface area contributed by atoms with Crippen molar-refractivity contribution in [2.45, 2.75) is 5.75 Å². The summed E-state index contributed by atoms with van der Waals surface area (Å²) in [7, 11) is -2.39. The SMILES string of the molecule is O=[SH](=O)Cc1ccc(-c2cncc3ncccc23)cc1. The van der Waals surface area contributed by atoms with E-state index in [4.69, 9.17) is 0 Å². The largest absolute Gasteiger partial charge is 0.262 e. The van der Waals surface area contributed by atoms with Crippen molar-refractivity contribution < 1.29 is 8.42 Å². The quantitative estimate of drug-likeness (QED) is 0.750. The third kappa shape index (κ3) is 2.53. The van der Waals surface area contributed by atoms with Gasteiger partial charge in [-0.15, -0.1) is 0 Å². The number of fused-ring (bicyclic) bond motifs is 1. The van der Waals surface area contributed by atoms with E-state index < -0.39 is 10.7 Å². The monoisotopic (exact) mass is 284 g/mol. The third-order valence-corrected chi connectivity index (χ3v) is 3.73. The molecule has 2 aromatic heterocycles.